The highest BCUT2D eigenvalue weighted by Gasteiger charge is 2.33. The lowest BCUT2D eigenvalue weighted by molar-refractivity contribution is -0.137. The highest BCUT2D eigenvalue weighted by atomic mass is 16.5. The summed E-state index contributed by atoms with van der Waals surface area (Å²) in [4.78, 5) is 19.8. The molecule has 25 heavy (non-hydrogen) atoms. The Bertz CT molecular complexity index is 567. The van der Waals surface area contributed by atoms with Crippen LogP contribution in [0, 0.1) is 6.92 Å². The van der Waals surface area contributed by atoms with E-state index in [9.17, 15) is 4.79 Å². The molecule has 3 rings (SSSR count). The highest BCUT2D eigenvalue weighted by Crippen LogP contribution is 2.20. The first-order valence-corrected chi connectivity index (χ1v) is 9.55. The Balaban J connectivity index is 1.49. The van der Waals surface area contributed by atoms with Gasteiger partial charge in [-0.15, -0.1) is 0 Å². The van der Waals surface area contributed by atoms with E-state index in [4.69, 9.17) is 4.74 Å². The van der Waals surface area contributed by atoms with Gasteiger partial charge in [0.15, 0.2) is 6.10 Å². The van der Waals surface area contributed by atoms with E-state index < -0.39 is 6.10 Å². The molecule has 0 aliphatic carbocycles. The zero-order chi connectivity index (χ0) is 17.8. The topological polar surface area (TPSA) is 36.0 Å². The molecule has 1 amide bonds. The van der Waals surface area contributed by atoms with Crippen molar-refractivity contribution >= 4 is 5.91 Å². The van der Waals surface area contributed by atoms with Crippen molar-refractivity contribution in [3.63, 3.8) is 0 Å². The summed E-state index contributed by atoms with van der Waals surface area (Å²) in [6.07, 6.45) is 0.646. The third-order valence-electron chi connectivity index (χ3n) is 5.53. The molecule has 0 N–H and O–H groups in total. The highest BCUT2D eigenvalue weighted by molar-refractivity contribution is 5.81. The molecule has 5 nitrogen and oxygen atoms in total. The van der Waals surface area contributed by atoms with Crippen LogP contribution in [0.3, 0.4) is 0 Å². The lowest BCUT2D eigenvalue weighted by atomic mass is 10.2. The number of piperazine rings is 1. The predicted octanol–water partition coefficient (Wildman–Crippen LogP) is 2.00. The predicted molar refractivity (Wildman–Crippen MR) is 99.9 cm³/mol. The van der Waals surface area contributed by atoms with Gasteiger partial charge in [-0.25, -0.2) is 0 Å². The van der Waals surface area contributed by atoms with Gasteiger partial charge >= 0.3 is 0 Å². The second kappa shape index (κ2) is 8.19. The number of aryl methyl sites for hydroxylation is 1. The van der Waals surface area contributed by atoms with Crippen LogP contribution >= 0.6 is 0 Å². The molecule has 0 radical (unpaired) electrons. The number of benzene rings is 1. The monoisotopic (exact) mass is 345 g/mol. The van der Waals surface area contributed by atoms with Crippen molar-refractivity contribution in [3.05, 3.63) is 29.8 Å². The number of amides is 1. The first kappa shape index (κ1) is 18.2. The molecular formula is C20H31N3O2. The third kappa shape index (κ3) is 4.53. The maximum Gasteiger partial charge on any atom is 0.263 e. The van der Waals surface area contributed by atoms with E-state index in [1.165, 1.54) is 5.56 Å². The molecule has 0 bridgehead atoms. The standard InChI is InChI=1S/C20H31N3O2/c1-4-21-11-13-22(14-12-21)18-9-10-23(15-18)20(24)17(3)25-19-7-5-16(2)6-8-19/h5-8,17-18H,4,9-15H2,1-3H3/t17-,18-/m0/s1. The first-order chi connectivity index (χ1) is 12.1. The molecule has 5 heteroatoms. The van der Waals surface area contributed by atoms with Gasteiger partial charge < -0.3 is 14.5 Å². The molecule has 2 atom stereocenters. The van der Waals surface area contributed by atoms with Crippen LogP contribution in [-0.2, 0) is 4.79 Å². The number of ether oxygens (including phenoxy) is 1. The van der Waals surface area contributed by atoms with Gasteiger partial charge in [-0.05, 0) is 38.9 Å². The average molecular weight is 345 g/mol. The Morgan fingerprint density at radius 1 is 1.16 bits per heavy atom. The van der Waals surface area contributed by atoms with Gasteiger partial charge in [0.2, 0.25) is 0 Å². The summed E-state index contributed by atoms with van der Waals surface area (Å²) in [7, 11) is 0. The molecule has 2 aliphatic heterocycles. The van der Waals surface area contributed by atoms with Crippen molar-refractivity contribution in [3.8, 4) is 5.75 Å². The fourth-order valence-electron chi connectivity index (χ4n) is 3.81. The van der Waals surface area contributed by atoms with Crippen LogP contribution in [0.25, 0.3) is 0 Å². The van der Waals surface area contributed by atoms with Crippen molar-refractivity contribution < 1.29 is 9.53 Å². The molecule has 138 valence electrons. The van der Waals surface area contributed by atoms with E-state index in [-0.39, 0.29) is 5.91 Å². The zero-order valence-corrected chi connectivity index (χ0v) is 15.8. The number of likely N-dealkylation sites (N-methyl/N-ethyl adjacent to an activating group) is 1. The minimum Gasteiger partial charge on any atom is -0.481 e. The number of likely N-dealkylation sites (tertiary alicyclic amines) is 1. The van der Waals surface area contributed by atoms with Crippen molar-refractivity contribution in [1.29, 1.82) is 0 Å². The summed E-state index contributed by atoms with van der Waals surface area (Å²) in [6, 6.07) is 8.38. The van der Waals surface area contributed by atoms with Crippen LogP contribution in [0.15, 0.2) is 24.3 Å². The maximum absolute atomic E-state index is 12.7. The number of hydrogen-bond donors (Lipinski definition) is 0. The Morgan fingerprint density at radius 3 is 2.48 bits per heavy atom. The molecular weight excluding hydrogens is 314 g/mol. The van der Waals surface area contributed by atoms with E-state index in [0.717, 1.165) is 58.0 Å². The average Bonchev–Trinajstić information content (AvgIpc) is 3.13. The van der Waals surface area contributed by atoms with E-state index in [1.54, 1.807) is 0 Å². The largest absolute Gasteiger partial charge is 0.481 e. The summed E-state index contributed by atoms with van der Waals surface area (Å²) in [5.74, 6) is 0.869. The van der Waals surface area contributed by atoms with Crippen molar-refractivity contribution in [2.24, 2.45) is 0 Å². The molecule has 0 unspecified atom stereocenters. The SMILES string of the molecule is CCN1CCN([C@H]2CCN(C(=O)[C@H](C)Oc3ccc(C)cc3)C2)CC1. The normalized spacial score (nSPS) is 23.6. The smallest absolute Gasteiger partial charge is 0.263 e. The second-order valence-electron chi connectivity index (χ2n) is 7.27. The van der Waals surface area contributed by atoms with Gasteiger partial charge in [0.05, 0.1) is 0 Å². The van der Waals surface area contributed by atoms with Crippen LogP contribution in [0.5, 0.6) is 5.75 Å². The van der Waals surface area contributed by atoms with Crippen LogP contribution < -0.4 is 4.74 Å². The van der Waals surface area contributed by atoms with Crippen molar-refractivity contribution in [2.75, 3.05) is 45.8 Å². The van der Waals surface area contributed by atoms with Crippen LogP contribution in [0.2, 0.25) is 0 Å². The van der Waals surface area contributed by atoms with Gasteiger partial charge in [-0.3, -0.25) is 9.69 Å². The molecule has 2 fully saturated rings. The van der Waals surface area contributed by atoms with E-state index in [0.29, 0.717) is 6.04 Å². The fourth-order valence-corrected chi connectivity index (χ4v) is 3.81. The van der Waals surface area contributed by atoms with Crippen LogP contribution in [0.1, 0.15) is 25.8 Å². The van der Waals surface area contributed by atoms with Gasteiger partial charge in [0, 0.05) is 45.3 Å². The lowest BCUT2D eigenvalue weighted by Crippen LogP contribution is -2.51. The summed E-state index contributed by atoms with van der Waals surface area (Å²) in [5.41, 5.74) is 1.19. The number of nitrogens with zero attached hydrogens (tertiary/aromatic N) is 3. The Hall–Kier alpha value is -1.59. The number of carbonyl (C=O) groups excluding carboxylic acids is 1. The molecule has 1 aromatic rings. The van der Waals surface area contributed by atoms with Crippen LogP contribution in [0.4, 0.5) is 0 Å². The summed E-state index contributed by atoms with van der Waals surface area (Å²) >= 11 is 0. The zero-order valence-electron chi connectivity index (χ0n) is 15.8. The van der Waals surface area contributed by atoms with Crippen molar-refractivity contribution in [2.45, 2.75) is 39.3 Å². The van der Waals surface area contributed by atoms with Gasteiger partial charge in [-0.1, -0.05) is 24.6 Å². The van der Waals surface area contributed by atoms with Gasteiger partial charge in [0.1, 0.15) is 5.75 Å². The van der Waals surface area contributed by atoms with E-state index in [2.05, 4.69) is 16.7 Å². The molecule has 1 aromatic carbocycles. The second-order valence-corrected chi connectivity index (χ2v) is 7.27. The maximum atomic E-state index is 12.7. The van der Waals surface area contributed by atoms with E-state index >= 15 is 0 Å². The Labute approximate surface area is 151 Å². The fraction of sp³-hybridized carbons (Fsp3) is 0.650. The summed E-state index contributed by atoms with van der Waals surface area (Å²) < 4.78 is 5.84. The van der Waals surface area contributed by atoms with Crippen LogP contribution in [-0.4, -0.2) is 78.6 Å². The molecule has 2 saturated heterocycles. The van der Waals surface area contributed by atoms with E-state index in [1.807, 2.05) is 43.0 Å². The summed E-state index contributed by atoms with van der Waals surface area (Å²) in [5, 5.41) is 0. The summed E-state index contributed by atoms with van der Waals surface area (Å²) in [6.45, 7) is 13.5. The number of rotatable bonds is 5. The molecule has 0 aromatic heterocycles. The molecule has 2 heterocycles. The van der Waals surface area contributed by atoms with Gasteiger partial charge in [0.25, 0.3) is 5.91 Å². The Morgan fingerprint density at radius 2 is 1.84 bits per heavy atom. The number of carbonyl (C=O) groups is 1. The number of hydrogen-bond acceptors (Lipinski definition) is 4. The quantitative estimate of drug-likeness (QED) is 0.818. The minimum absolute atomic E-state index is 0.107. The molecule has 0 spiro atoms. The molecule has 2 aliphatic rings. The minimum atomic E-state index is -0.432. The van der Waals surface area contributed by atoms with Gasteiger partial charge in [-0.2, -0.15) is 0 Å². The first-order valence-electron chi connectivity index (χ1n) is 9.55. The lowest BCUT2D eigenvalue weighted by Gasteiger charge is -2.37. The third-order valence-corrected chi connectivity index (χ3v) is 5.53. The Kier molecular flexibility index (Phi) is 5.97. The van der Waals surface area contributed by atoms with Crippen molar-refractivity contribution in [1.82, 2.24) is 14.7 Å². The molecule has 0 saturated carbocycles.